The quantitative estimate of drug-likeness (QED) is 0.777. The zero-order valence-corrected chi connectivity index (χ0v) is 17.8. The van der Waals surface area contributed by atoms with Gasteiger partial charge in [-0.15, -0.1) is 0 Å². The summed E-state index contributed by atoms with van der Waals surface area (Å²) in [4.78, 5) is 14.7. The molecule has 1 amide bonds. The molecular weight excluding hydrogens is 372 g/mol. The van der Waals surface area contributed by atoms with Gasteiger partial charge in [-0.3, -0.25) is 4.79 Å². The average molecular weight is 405 g/mol. The predicted molar refractivity (Wildman–Crippen MR) is 120 cm³/mol. The predicted octanol–water partition coefficient (Wildman–Crippen LogP) is 4.83. The second-order valence-corrected chi connectivity index (χ2v) is 9.42. The minimum Gasteiger partial charge on any atom is -0.496 e. The van der Waals surface area contributed by atoms with E-state index < -0.39 is 0 Å². The van der Waals surface area contributed by atoms with Gasteiger partial charge in [0.2, 0.25) is 5.91 Å². The Morgan fingerprint density at radius 3 is 2.50 bits per heavy atom. The summed E-state index contributed by atoms with van der Waals surface area (Å²) in [6, 6.07) is 14.7. The second-order valence-electron chi connectivity index (χ2n) is 9.42. The van der Waals surface area contributed by atoms with Crippen molar-refractivity contribution >= 4 is 5.91 Å². The number of methoxy groups -OCH3 is 1. The first-order valence-electron chi connectivity index (χ1n) is 11.4. The van der Waals surface area contributed by atoms with Gasteiger partial charge in [-0.05, 0) is 97.8 Å². The van der Waals surface area contributed by atoms with Gasteiger partial charge in [-0.1, -0.05) is 30.7 Å². The lowest BCUT2D eigenvalue weighted by atomic mass is 9.84. The molecule has 1 heterocycles. The number of carbonyl (C=O) groups excluding carboxylic acids is 1. The standard InChI is InChI=1S/C26H32N2O2/c1-30-25-9-8-19(21-4-2-3-5-22(21)26(27)29)16-23(25)18-10-12-28(13-11-18)24-15-17-6-7-20(24)14-17/h2-5,8-9,16-18,20,24H,6-7,10-15H2,1H3,(H2,27,29)/t17-,20?,24-/m0/s1. The van der Waals surface area contributed by atoms with Gasteiger partial charge in [0.25, 0.3) is 0 Å². The fourth-order valence-corrected chi connectivity index (χ4v) is 6.37. The number of rotatable bonds is 5. The van der Waals surface area contributed by atoms with E-state index in [1.807, 2.05) is 30.3 Å². The fourth-order valence-electron chi connectivity index (χ4n) is 6.37. The van der Waals surface area contributed by atoms with Gasteiger partial charge in [0, 0.05) is 11.6 Å². The molecule has 1 unspecified atom stereocenters. The first-order chi connectivity index (χ1) is 14.6. The molecule has 3 aliphatic rings. The summed E-state index contributed by atoms with van der Waals surface area (Å²) >= 11 is 0. The van der Waals surface area contributed by atoms with Crippen LogP contribution in [0.3, 0.4) is 0 Å². The number of nitrogens with zero attached hydrogens (tertiary/aromatic N) is 1. The largest absolute Gasteiger partial charge is 0.496 e. The molecule has 2 aliphatic carbocycles. The zero-order valence-electron chi connectivity index (χ0n) is 17.8. The third kappa shape index (κ3) is 3.51. The number of amides is 1. The number of hydrogen-bond acceptors (Lipinski definition) is 3. The van der Waals surface area contributed by atoms with E-state index in [1.54, 1.807) is 13.2 Å². The van der Waals surface area contributed by atoms with E-state index >= 15 is 0 Å². The molecule has 3 fully saturated rings. The lowest BCUT2D eigenvalue weighted by Gasteiger charge is -2.40. The van der Waals surface area contributed by atoms with E-state index in [1.165, 1.54) is 57.2 Å². The Morgan fingerprint density at radius 2 is 1.83 bits per heavy atom. The first-order valence-corrected chi connectivity index (χ1v) is 11.4. The van der Waals surface area contributed by atoms with Crippen LogP contribution in [0.4, 0.5) is 0 Å². The molecule has 2 aromatic rings. The van der Waals surface area contributed by atoms with Crippen molar-refractivity contribution in [3.63, 3.8) is 0 Å². The lowest BCUT2D eigenvalue weighted by molar-refractivity contribution is 0.100. The molecule has 3 atom stereocenters. The lowest BCUT2D eigenvalue weighted by Crippen LogP contribution is -2.43. The molecule has 1 saturated heterocycles. The molecule has 5 rings (SSSR count). The smallest absolute Gasteiger partial charge is 0.249 e. The second kappa shape index (κ2) is 8.07. The number of piperidine rings is 1. The molecule has 2 N–H and O–H groups in total. The Labute approximate surface area is 179 Å². The fraction of sp³-hybridized carbons (Fsp3) is 0.500. The van der Waals surface area contributed by atoms with E-state index in [0.717, 1.165) is 34.8 Å². The highest BCUT2D eigenvalue weighted by Crippen LogP contribution is 2.48. The summed E-state index contributed by atoms with van der Waals surface area (Å²) in [6.45, 7) is 2.37. The normalized spacial score (nSPS) is 26.8. The Morgan fingerprint density at radius 1 is 1.03 bits per heavy atom. The first kappa shape index (κ1) is 19.6. The molecule has 0 radical (unpaired) electrons. The maximum Gasteiger partial charge on any atom is 0.249 e. The molecule has 158 valence electrons. The summed E-state index contributed by atoms with van der Waals surface area (Å²) in [5.41, 5.74) is 9.39. The van der Waals surface area contributed by atoms with Gasteiger partial charge in [0.15, 0.2) is 0 Å². The number of primary amides is 1. The molecular formula is C26H32N2O2. The van der Waals surface area contributed by atoms with Crippen molar-refractivity contribution in [3.8, 4) is 16.9 Å². The van der Waals surface area contributed by atoms with Crippen LogP contribution in [0.5, 0.6) is 5.75 Å². The van der Waals surface area contributed by atoms with Crippen molar-refractivity contribution < 1.29 is 9.53 Å². The zero-order chi connectivity index (χ0) is 20.7. The molecule has 4 nitrogen and oxygen atoms in total. The summed E-state index contributed by atoms with van der Waals surface area (Å²) < 4.78 is 5.73. The van der Waals surface area contributed by atoms with Crippen molar-refractivity contribution in [3.05, 3.63) is 53.6 Å². The van der Waals surface area contributed by atoms with Crippen molar-refractivity contribution in [2.45, 2.75) is 50.5 Å². The summed E-state index contributed by atoms with van der Waals surface area (Å²) in [5.74, 6) is 3.01. The van der Waals surface area contributed by atoms with Crippen LogP contribution in [0.1, 0.15) is 60.4 Å². The number of ether oxygens (including phenoxy) is 1. The number of hydrogen-bond donors (Lipinski definition) is 1. The summed E-state index contributed by atoms with van der Waals surface area (Å²) in [7, 11) is 1.75. The van der Waals surface area contributed by atoms with Crippen LogP contribution in [0, 0.1) is 11.8 Å². The van der Waals surface area contributed by atoms with E-state index in [4.69, 9.17) is 10.5 Å². The van der Waals surface area contributed by atoms with Crippen molar-refractivity contribution in [1.29, 1.82) is 0 Å². The van der Waals surface area contributed by atoms with Gasteiger partial charge in [-0.2, -0.15) is 0 Å². The highest BCUT2D eigenvalue weighted by Gasteiger charge is 2.43. The van der Waals surface area contributed by atoms with Crippen molar-refractivity contribution in [2.75, 3.05) is 20.2 Å². The van der Waals surface area contributed by atoms with E-state index in [-0.39, 0.29) is 5.91 Å². The molecule has 30 heavy (non-hydrogen) atoms. The van der Waals surface area contributed by atoms with Crippen LogP contribution in [0.15, 0.2) is 42.5 Å². The van der Waals surface area contributed by atoms with Gasteiger partial charge < -0.3 is 15.4 Å². The Bertz CT molecular complexity index is 932. The maximum absolute atomic E-state index is 11.9. The maximum atomic E-state index is 11.9. The Hall–Kier alpha value is -2.33. The van der Waals surface area contributed by atoms with Crippen LogP contribution in [-0.2, 0) is 0 Å². The highest BCUT2D eigenvalue weighted by atomic mass is 16.5. The van der Waals surface area contributed by atoms with Gasteiger partial charge in [0.1, 0.15) is 5.75 Å². The van der Waals surface area contributed by atoms with Crippen LogP contribution in [0.2, 0.25) is 0 Å². The van der Waals surface area contributed by atoms with Crippen molar-refractivity contribution in [1.82, 2.24) is 4.90 Å². The number of carbonyl (C=O) groups is 1. The third-order valence-electron chi connectivity index (χ3n) is 7.87. The number of fused-ring (bicyclic) bond motifs is 2. The van der Waals surface area contributed by atoms with Gasteiger partial charge in [0.05, 0.1) is 7.11 Å². The number of benzene rings is 2. The summed E-state index contributed by atoms with van der Waals surface area (Å²) in [6.07, 6.45) is 8.16. The molecule has 4 heteroatoms. The Kier molecular flexibility index (Phi) is 5.28. The SMILES string of the molecule is COc1ccc(-c2ccccc2C(N)=O)cc1C1CCN([C@H]2C[C@H]3CCC2C3)CC1. The third-order valence-corrected chi connectivity index (χ3v) is 7.87. The van der Waals surface area contributed by atoms with Gasteiger partial charge >= 0.3 is 0 Å². The molecule has 1 aliphatic heterocycles. The average Bonchev–Trinajstić information content (AvgIpc) is 3.43. The van der Waals surface area contributed by atoms with E-state index in [0.29, 0.717) is 11.5 Å². The van der Waals surface area contributed by atoms with E-state index in [9.17, 15) is 4.79 Å². The van der Waals surface area contributed by atoms with Crippen LogP contribution >= 0.6 is 0 Å². The Balaban J connectivity index is 1.37. The highest BCUT2D eigenvalue weighted by molar-refractivity contribution is 5.99. The van der Waals surface area contributed by atoms with Gasteiger partial charge in [-0.25, -0.2) is 0 Å². The molecule has 2 saturated carbocycles. The van der Waals surface area contributed by atoms with Crippen LogP contribution in [0.25, 0.3) is 11.1 Å². The van der Waals surface area contributed by atoms with Crippen molar-refractivity contribution in [2.24, 2.45) is 17.6 Å². The number of nitrogens with two attached hydrogens (primary N) is 1. The minimum atomic E-state index is -0.387. The number of likely N-dealkylation sites (tertiary alicyclic amines) is 1. The molecule has 2 aromatic carbocycles. The topological polar surface area (TPSA) is 55.6 Å². The monoisotopic (exact) mass is 404 g/mol. The van der Waals surface area contributed by atoms with E-state index in [2.05, 4.69) is 11.0 Å². The molecule has 0 aromatic heterocycles. The van der Waals surface area contributed by atoms with Crippen LogP contribution in [-0.4, -0.2) is 37.0 Å². The molecule has 2 bridgehead atoms. The minimum absolute atomic E-state index is 0.387. The molecule has 0 spiro atoms. The summed E-state index contributed by atoms with van der Waals surface area (Å²) in [5, 5.41) is 0. The van der Waals surface area contributed by atoms with Crippen LogP contribution < -0.4 is 10.5 Å².